The summed E-state index contributed by atoms with van der Waals surface area (Å²) in [5, 5.41) is 2.53. The highest BCUT2D eigenvalue weighted by molar-refractivity contribution is 6.02. The summed E-state index contributed by atoms with van der Waals surface area (Å²) in [7, 11) is 1.24. The zero-order valence-corrected chi connectivity index (χ0v) is 16.7. The normalized spacial score (nSPS) is 15.6. The van der Waals surface area contributed by atoms with Crippen molar-refractivity contribution in [2.24, 2.45) is 5.92 Å². The number of aryl methyl sites for hydroxylation is 1. The number of methoxy groups -OCH3 is 1. The Balaban J connectivity index is 1.55. The van der Waals surface area contributed by atoms with E-state index >= 15 is 0 Å². The third kappa shape index (κ3) is 4.83. The second kappa shape index (κ2) is 9.21. The standard InChI is InChI=1S/C22H22N2O6/c1-14-7-9-16(10-8-14)24-12-15(11-20(24)26)21(27)30-13-19(25)23-18-6-4-3-5-17(18)22(28)29-2/h3-10,15H,11-13H2,1-2H3,(H,23,25)/t15-/m0/s1. The first kappa shape index (κ1) is 21.0. The molecule has 1 aliphatic rings. The lowest BCUT2D eigenvalue weighted by molar-refractivity contribution is -0.151. The number of carbonyl (C=O) groups is 4. The van der Waals surface area contributed by atoms with Gasteiger partial charge in [-0.2, -0.15) is 0 Å². The summed E-state index contributed by atoms with van der Waals surface area (Å²) in [5.41, 5.74) is 2.24. The molecular weight excluding hydrogens is 388 g/mol. The van der Waals surface area contributed by atoms with E-state index in [-0.39, 0.29) is 30.1 Å². The number of nitrogens with one attached hydrogen (secondary N) is 1. The fraction of sp³-hybridized carbons (Fsp3) is 0.273. The van der Waals surface area contributed by atoms with Crippen LogP contribution in [0.2, 0.25) is 0 Å². The van der Waals surface area contributed by atoms with E-state index in [0.29, 0.717) is 0 Å². The number of hydrogen-bond donors (Lipinski definition) is 1. The molecule has 1 fully saturated rings. The average Bonchev–Trinajstić information content (AvgIpc) is 3.14. The number of nitrogens with zero attached hydrogens (tertiary/aromatic N) is 1. The molecule has 1 heterocycles. The van der Waals surface area contributed by atoms with Crippen molar-refractivity contribution >= 4 is 35.1 Å². The molecule has 30 heavy (non-hydrogen) atoms. The Hall–Kier alpha value is -3.68. The Morgan fingerprint density at radius 3 is 2.50 bits per heavy atom. The molecule has 0 radical (unpaired) electrons. The van der Waals surface area contributed by atoms with Gasteiger partial charge in [0.05, 0.1) is 24.3 Å². The molecule has 0 bridgehead atoms. The molecule has 0 spiro atoms. The first-order valence-electron chi connectivity index (χ1n) is 9.40. The quantitative estimate of drug-likeness (QED) is 0.734. The Morgan fingerprint density at radius 2 is 1.80 bits per heavy atom. The predicted molar refractivity (Wildman–Crippen MR) is 109 cm³/mol. The van der Waals surface area contributed by atoms with Crippen LogP contribution in [0, 0.1) is 12.8 Å². The second-order valence-corrected chi connectivity index (χ2v) is 6.93. The molecule has 0 aromatic heterocycles. The second-order valence-electron chi connectivity index (χ2n) is 6.93. The number of amides is 2. The van der Waals surface area contributed by atoms with Crippen molar-refractivity contribution in [3.8, 4) is 0 Å². The molecule has 1 saturated heterocycles. The maximum atomic E-state index is 12.3. The summed E-state index contributed by atoms with van der Waals surface area (Å²) < 4.78 is 9.77. The Labute approximate surface area is 173 Å². The molecule has 8 heteroatoms. The highest BCUT2D eigenvalue weighted by atomic mass is 16.5. The van der Waals surface area contributed by atoms with Gasteiger partial charge in [0.15, 0.2) is 6.61 Å². The van der Waals surface area contributed by atoms with Crippen molar-refractivity contribution in [3.05, 3.63) is 59.7 Å². The van der Waals surface area contributed by atoms with Crippen LogP contribution in [0.3, 0.4) is 0 Å². The fourth-order valence-corrected chi connectivity index (χ4v) is 3.16. The SMILES string of the molecule is COC(=O)c1ccccc1NC(=O)COC(=O)[C@H]1CC(=O)N(c2ccc(C)cc2)C1. The van der Waals surface area contributed by atoms with Crippen molar-refractivity contribution in [2.45, 2.75) is 13.3 Å². The maximum Gasteiger partial charge on any atom is 0.339 e. The van der Waals surface area contributed by atoms with Crippen molar-refractivity contribution in [2.75, 3.05) is 30.5 Å². The molecule has 1 atom stereocenters. The molecule has 0 saturated carbocycles. The van der Waals surface area contributed by atoms with E-state index in [4.69, 9.17) is 4.74 Å². The number of hydrogen-bond acceptors (Lipinski definition) is 6. The van der Waals surface area contributed by atoms with Gasteiger partial charge in [-0.25, -0.2) is 4.79 Å². The lowest BCUT2D eigenvalue weighted by Crippen LogP contribution is -2.28. The van der Waals surface area contributed by atoms with Crippen LogP contribution in [0.5, 0.6) is 0 Å². The van der Waals surface area contributed by atoms with Crippen LogP contribution in [0.15, 0.2) is 48.5 Å². The first-order chi connectivity index (χ1) is 14.4. The third-order valence-electron chi connectivity index (χ3n) is 4.76. The van der Waals surface area contributed by atoms with Crippen LogP contribution in [0.4, 0.5) is 11.4 Å². The minimum atomic E-state index is -0.644. The van der Waals surface area contributed by atoms with Crippen molar-refractivity contribution < 1.29 is 28.7 Å². The lowest BCUT2D eigenvalue weighted by Gasteiger charge is -2.16. The molecule has 2 aromatic carbocycles. The monoisotopic (exact) mass is 410 g/mol. The van der Waals surface area contributed by atoms with Crippen molar-refractivity contribution in [1.29, 1.82) is 0 Å². The van der Waals surface area contributed by atoms with Gasteiger partial charge >= 0.3 is 11.9 Å². The van der Waals surface area contributed by atoms with Crippen LogP contribution in [0.25, 0.3) is 0 Å². The summed E-state index contributed by atoms with van der Waals surface area (Å²) in [6.07, 6.45) is 0.0273. The van der Waals surface area contributed by atoms with Crippen molar-refractivity contribution in [3.63, 3.8) is 0 Å². The molecule has 2 amide bonds. The number of anilines is 2. The molecule has 1 aliphatic heterocycles. The highest BCUT2D eigenvalue weighted by Gasteiger charge is 2.36. The van der Waals surface area contributed by atoms with Crippen molar-refractivity contribution in [1.82, 2.24) is 0 Å². The Bertz CT molecular complexity index is 970. The van der Waals surface area contributed by atoms with Gasteiger partial charge in [-0.05, 0) is 31.2 Å². The topological polar surface area (TPSA) is 102 Å². The van der Waals surface area contributed by atoms with E-state index < -0.39 is 30.4 Å². The predicted octanol–water partition coefficient (Wildman–Crippen LogP) is 2.32. The van der Waals surface area contributed by atoms with E-state index in [1.165, 1.54) is 18.1 Å². The zero-order valence-electron chi connectivity index (χ0n) is 16.7. The van der Waals surface area contributed by atoms with Crippen LogP contribution in [-0.4, -0.2) is 44.0 Å². The number of rotatable bonds is 6. The van der Waals surface area contributed by atoms with Crippen LogP contribution in [-0.2, 0) is 23.9 Å². The summed E-state index contributed by atoms with van der Waals surface area (Å²) in [5.74, 6) is -2.62. The third-order valence-corrected chi connectivity index (χ3v) is 4.76. The van der Waals surface area contributed by atoms with Crippen LogP contribution >= 0.6 is 0 Å². The van der Waals surface area contributed by atoms with Crippen LogP contribution < -0.4 is 10.2 Å². The molecule has 8 nitrogen and oxygen atoms in total. The number of benzene rings is 2. The number of carbonyl (C=O) groups excluding carboxylic acids is 4. The molecule has 1 N–H and O–H groups in total. The van der Waals surface area contributed by atoms with E-state index in [1.807, 2.05) is 31.2 Å². The van der Waals surface area contributed by atoms with E-state index in [1.54, 1.807) is 18.2 Å². The highest BCUT2D eigenvalue weighted by Crippen LogP contribution is 2.26. The zero-order chi connectivity index (χ0) is 21.7. The van der Waals surface area contributed by atoms with Gasteiger partial charge in [-0.15, -0.1) is 0 Å². The molecule has 0 unspecified atom stereocenters. The van der Waals surface area contributed by atoms with Gasteiger partial charge in [-0.3, -0.25) is 14.4 Å². The molecule has 2 aromatic rings. The molecule has 3 rings (SSSR count). The molecular formula is C22H22N2O6. The van der Waals surface area contributed by atoms with E-state index in [2.05, 4.69) is 10.1 Å². The number of para-hydroxylation sites is 1. The summed E-state index contributed by atoms with van der Waals surface area (Å²) in [6.45, 7) is 1.63. The average molecular weight is 410 g/mol. The molecule has 0 aliphatic carbocycles. The molecule has 156 valence electrons. The summed E-state index contributed by atoms with van der Waals surface area (Å²) >= 11 is 0. The fourth-order valence-electron chi connectivity index (χ4n) is 3.16. The van der Waals surface area contributed by atoms with E-state index in [9.17, 15) is 19.2 Å². The summed E-state index contributed by atoms with van der Waals surface area (Å²) in [6, 6.07) is 13.8. The summed E-state index contributed by atoms with van der Waals surface area (Å²) in [4.78, 5) is 50.1. The van der Waals surface area contributed by atoms with Gasteiger partial charge in [0.1, 0.15) is 0 Å². The number of ether oxygens (including phenoxy) is 2. The van der Waals surface area contributed by atoms with Gasteiger partial charge < -0.3 is 19.7 Å². The lowest BCUT2D eigenvalue weighted by atomic mass is 10.1. The van der Waals surface area contributed by atoms with Gasteiger partial charge in [0, 0.05) is 18.7 Å². The smallest absolute Gasteiger partial charge is 0.339 e. The van der Waals surface area contributed by atoms with Gasteiger partial charge in [-0.1, -0.05) is 29.8 Å². The number of esters is 2. The Morgan fingerprint density at radius 1 is 1.10 bits per heavy atom. The first-order valence-corrected chi connectivity index (χ1v) is 9.40. The minimum Gasteiger partial charge on any atom is -0.465 e. The van der Waals surface area contributed by atoms with Gasteiger partial charge in [0.2, 0.25) is 5.91 Å². The van der Waals surface area contributed by atoms with E-state index in [0.717, 1.165) is 11.3 Å². The van der Waals surface area contributed by atoms with Gasteiger partial charge in [0.25, 0.3) is 5.91 Å². The largest absolute Gasteiger partial charge is 0.465 e. The minimum absolute atomic E-state index is 0.0273. The maximum absolute atomic E-state index is 12.3. The Kier molecular flexibility index (Phi) is 6.46. The van der Waals surface area contributed by atoms with Crippen LogP contribution in [0.1, 0.15) is 22.3 Å².